The summed E-state index contributed by atoms with van der Waals surface area (Å²) < 4.78 is 0. The van der Waals surface area contributed by atoms with Gasteiger partial charge in [-0.2, -0.15) is 0 Å². The van der Waals surface area contributed by atoms with Crippen molar-refractivity contribution in [2.75, 3.05) is 11.1 Å². The van der Waals surface area contributed by atoms with Crippen LogP contribution in [0, 0.1) is 12.3 Å². The van der Waals surface area contributed by atoms with Gasteiger partial charge in [0.25, 0.3) is 0 Å². The summed E-state index contributed by atoms with van der Waals surface area (Å²) in [5.41, 5.74) is 9.48. The van der Waals surface area contributed by atoms with Crippen molar-refractivity contribution in [3.8, 4) is 12.3 Å². The minimum Gasteiger partial charge on any atom is -0.399 e. The lowest BCUT2D eigenvalue weighted by Gasteiger charge is -2.19. The van der Waals surface area contributed by atoms with Crippen molar-refractivity contribution in [3.05, 3.63) is 72.8 Å². The molecule has 0 atom stereocenters. The van der Waals surface area contributed by atoms with E-state index in [0.29, 0.717) is 12.1 Å². The van der Waals surface area contributed by atoms with Gasteiger partial charge < -0.3 is 11.1 Å². The number of hydrogen-bond donors (Lipinski definition) is 2. The molecule has 0 bridgehead atoms. The zero-order valence-corrected chi connectivity index (χ0v) is 16.3. The predicted octanol–water partition coefficient (Wildman–Crippen LogP) is 5.19. The van der Waals surface area contributed by atoms with E-state index in [2.05, 4.69) is 63.7 Å². The van der Waals surface area contributed by atoms with Gasteiger partial charge in [0.05, 0.1) is 6.42 Å². The zero-order valence-electron chi connectivity index (χ0n) is 16.3. The number of nitrogens with one attached hydrogen (secondary N) is 1. The molecule has 0 saturated heterocycles. The molecular formula is C23H30N2O. The maximum Gasteiger partial charge on any atom is 0.228 e. The Kier molecular flexibility index (Phi) is 10.2. The van der Waals surface area contributed by atoms with Gasteiger partial charge in [-0.1, -0.05) is 45.0 Å². The largest absolute Gasteiger partial charge is 0.399 e. The molecule has 1 amide bonds. The lowest BCUT2D eigenvalue weighted by molar-refractivity contribution is -0.115. The molecule has 0 saturated carbocycles. The summed E-state index contributed by atoms with van der Waals surface area (Å²) in [5.74, 6) is 2.23. The second-order valence-electron chi connectivity index (χ2n) is 6.58. The Balaban J connectivity index is 0.00000113. The van der Waals surface area contributed by atoms with Gasteiger partial charge in [-0.05, 0) is 47.7 Å². The van der Waals surface area contributed by atoms with E-state index in [1.165, 1.54) is 5.56 Å². The average Bonchev–Trinajstić information content (AvgIpc) is 2.59. The van der Waals surface area contributed by atoms with Crippen molar-refractivity contribution in [2.24, 2.45) is 0 Å². The molecule has 0 aliphatic carbocycles. The molecule has 3 nitrogen and oxygen atoms in total. The third kappa shape index (κ3) is 8.75. The maximum atomic E-state index is 12.0. The van der Waals surface area contributed by atoms with Crippen LogP contribution in [0.25, 0.3) is 0 Å². The SMILES string of the molecule is C#CC.C=C.CC(C)(C)c1ccc(CC(=O)Nc2ccc(N)cc2)cc1. The molecule has 3 heteroatoms. The number of terminal acetylenes is 1. The minimum atomic E-state index is -0.0247. The number of hydrogen-bond acceptors (Lipinski definition) is 2. The van der Waals surface area contributed by atoms with Crippen LogP contribution >= 0.6 is 0 Å². The lowest BCUT2D eigenvalue weighted by Crippen LogP contribution is -2.15. The molecule has 26 heavy (non-hydrogen) atoms. The first-order chi connectivity index (χ1) is 12.3. The highest BCUT2D eigenvalue weighted by atomic mass is 16.1. The van der Waals surface area contributed by atoms with Crippen molar-refractivity contribution in [3.63, 3.8) is 0 Å². The molecule has 0 radical (unpaired) electrons. The third-order valence-corrected chi connectivity index (χ3v) is 3.38. The minimum absolute atomic E-state index is 0.0247. The number of nitrogens with two attached hydrogens (primary N) is 1. The Bertz CT molecular complexity index is 702. The van der Waals surface area contributed by atoms with Crippen molar-refractivity contribution >= 4 is 17.3 Å². The molecule has 0 aliphatic heterocycles. The molecule has 0 aromatic heterocycles. The normalized spacial score (nSPS) is 9.50. The number of nitrogen functional groups attached to an aromatic ring is 1. The van der Waals surface area contributed by atoms with Gasteiger partial charge in [0.1, 0.15) is 0 Å². The second kappa shape index (κ2) is 11.5. The van der Waals surface area contributed by atoms with E-state index in [9.17, 15) is 4.79 Å². The van der Waals surface area contributed by atoms with E-state index < -0.39 is 0 Å². The van der Waals surface area contributed by atoms with Crippen LogP contribution in [-0.2, 0) is 16.6 Å². The highest BCUT2D eigenvalue weighted by Gasteiger charge is 2.13. The third-order valence-electron chi connectivity index (χ3n) is 3.38. The zero-order chi connectivity index (χ0) is 20.2. The molecule has 2 aromatic rings. The van der Waals surface area contributed by atoms with Gasteiger partial charge >= 0.3 is 0 Å². The van der Waals surface area contributed by atoms with Crippen LogP contribution in [0.5, 0.6) is 0 Å². The molecule has 138 valence electrons. The summed E-state index contributed by atoms with van der Waals surface area (Å²) in [5, 5.41) is 2.87. The van der Waals surface area contributed by atoms with Gasteiger partial charge in [-0.15, -0.1) is 25.5 Å². The van der Waals surface area contributed by atoms with Crippen LogP contribution in [0.3, 0.4) is 0 Å². The molecule has 0 unspecified atom stereocenters. The summed E-state index contributed by atoms with van der Waals surface area (Å²) in [7, 11) is 0. The van der Waals surface area contributed by atoms with E-state index in [1.807, 2.05) is 12.1 Å². The summed E-state index contributed by atoms with van der Waals surface area (Å²) >= 11 is 0. The van der Waals surface area contributed by atoms with Crippen LogP contribution in [-0.4, -0.2) is 5.91 Å². The van der Waals surface area contributed by atoms with Gasteiger partial charge in [0, 0.05) is 11.4 Å². The van der Waals surface area contributed by atoms with Gasteiger partial charge in [-0.3, -0.25) is 4.79 Å². The Morgan fingerprint density at radius 1 is 1.08 bits per heavy atom. The van der Waals surface area contributed by atoms with Crippen molar-refractivity contribution in [1.82, 2.24) is 0 Å². The second-order valence-corrected chi connectivity index (χ2v) is 6.58. The number of amides is 1. The number of carbonyl (C=O) groups is 1. The van der Waals surface area contributed by atoms with Gasteiger partial charge in [0.2, 0.25) is 5.91 Å². The first-order valence-corrected chi connectivity index (χ1v) is 8.38. The number of rotatable bonds is 3. The first kappa shape index (κ1) is 23.0. The van der Waals surface area contributed by atoms with Crippen LogP contribution in [0.1, 0.15) is 38.8 Å². The van der Waals surface area contributed by atoms with Crippen LogP contribution in [0.4, 0.5) is 11.4 Å². The first-order valence-electron chi connectivity index (χ1n) is 8.38. The van der Waals surface area contributed by atoms with Crippen molar-refractivity contribution in [1.29, 1.82) is 0 Å². The fraction of sp³-hybridized carbons (Fsp3) is 0.261. The molecule has 3 N–H and O–H groups in total. The fourth-order valence-electron chi connectivity index (χ4n) is 2.08. The Hall–Kier alpha value is -2.99. The molecule has 0 aliphatic rings. The predicted molar refractivity (Wildman–Crippen MR) is 114 cm³/mol. The molecule has 2 rings (SSSR count). The summed E-state index contributed by atoms with van der Waals surface area (Å²) in [6.45, 7) is 14.2. The highest BCUT2D eigenvalue weighted by Crippen LogP contribution is 2.22. The van der Waals surface area contributed by atoms with E-state index in [-0.39, 0.29) is 11.3 Å². The summed E-state index contributed by atoms with van der Waals surface area (Å²) in [6.07, 6.45) is 4.97. The van der Waals surface area contributed by atoms with E-state index in [1.54, 1.807) is 31.2 Å². The molecule has 0 fully saturated rings. The van der Waals surface area contributed by atoms with E-state index >= 15 is 0 Å². The molecular weight excluding hydrogens is 320 g/mol. The van der Waals surface area contributed by atoms with E-state index in [4.69, 9.17) is 5.73 Å². The monoisotopic (exact) mass is 350 g/mol. The standard InChI is InChI=1S/C18H22N2O.C3H4.C2H4/c1-18(2,3)14-6-4-13(5-7-14)12-17(21)20-16-10-8-15(19)9-11-16;1-3-2;1-2/h4-11H,12,19H2,1-3H3,(H,20,21);1H,2H3;1-2H2. The fourth-order valence-corrected chi connectivity index (χ4v) is 2.08. The maximum absolute atomic E-state index is 12.0. The number of carbonyl (C=O) groups excluding carboxylic acids is 1. The molecule has 0 heterocycles. The van der Waals surface area contributed by atoms with Gasteiger partial charge in [0.15, 0.2) is 0 Å². The number of benzene rings is 2. The van der Waals surface area contributed by atoms with Crippen LogP contribution in [0.15, 0.2) is 61.7 Å². The van der Waals surface area contributed by atoms with E-state index in [0.717, 1.165) is 11.3 Å². The Morgan fingerprint density at radius 3 is 1.96 bits per heavy atom. The van der Waals surface area contributed by atoms with Crippen molar-refractivity contribution < 1.29 is 4.79 Å². The Morgan fingerprint density at radius 2 is 1.54 bits per heavy atom. The lowest BCUT2D eigenvalue weighted by atomic mass is 9.86. The summed E-state index contributed by atoms with van der Waals surface area (Å²) in [4.78, 5) is 12.0. The van der Waals surface area contributed by atoms with Crippen LogP contribution < -0.4 is 11.1 Å². The average molecular weight is 351 g/mol. The topological polar surface area (TPSA) is 55.1 Å². The Labute approximate surface area is 158 Å². The highest BCUT2D eigenvalue weighted by molar-refractivity contribution is 5.92. The molecule has 2 aromatic carbocycles. The van der Waals surface area contributed by atoms with Gasteiger partial charge in [-0.25, -0.2) is 0 Å². The quantitative estimate of drug-likeness (QED) is 0.455. The smallest absolute Gasteiger partial charge is 0.228 e. The number of anilines is 2. The summed E-state index contributed by atoms with van der Waals surface area (Å²) in [6, 6.07) is 15.4. The van der Waals surface area contributed by atoms with Crippen LogP contribution in [0.2, 0.25) is 0 Å². The van der Waals surface area contributed by atoms with Crippen molar-refractivity contribution in [2.45, 2.75) is 39.5 Å². The molecule has 0 spiro atoms.